The minimum Gasteiger partial charge on any atom is -0.467 e. The number of ether oxygens (including phenoxy) is 1. The second kappa shape index (κ2) is 7.80. The molecule has 0 bridgehead atoms. The van der Waals surface area contributed by atoms with Gasteiger partial charge in [0.05, 0.1) is 13.7 Å². The standard InChI is InChI=1S/C21H19NO4/c1-26-21(25)19(13-23)22-20(24)18-11-5-4-10-17(18)16-12-6-8-14-7-2-3-9-15(14)16/h2-12,19,23H,13H2,1H3,(H,22,24)/t19-/m0/s1. The minimum absolute atomic E-state index is 0.422. The van der Waals surface area contributed by atoms with Crippen LogP contribution < -0.4 is 5.32 Å². The molecule has 26 heavy (non-hydrogen) atoms. The highest BCUT2D eigenvalue weighted by molar-refractivity contribution is 6.06. The van der Waals surface area contributed by atoms with Gasteiger partial charge < -0.3 is 15.2 Å². The molecule has 0 aliphatic heterocycles. The summed E-state index contributed by atoms with van der Waals surface area (Å²) in [5.41, 5.74) is 2.10. The van der Waals surface area contributed by atoms with Crippen LogP contribution in [0.15, 0.2) is 66.7 Å². The first kappa shape index (κ1) is 17.6. The largest absolute Gasteiger partial charge is 0.467 e. The topological polar surface area (TPSA) is 75.6 Å². The number of carbonyl (C=O) groups is 2. The zero-order valence-electron chi connectivity index (χ0n) is 14.3. The second-order valence-electron chi connectivity index (χ2n) is 5.80. The fraction of sp³-hybridized carbons (Fsp3) is 0.143. The van der Waals surface area contributed by atoms with Crippen molar-refractivity contribution in [3.05, 3.63) is 72.3 Å². The van der Waals surface area contributed by atoms with E-state index in [2.05, 4.69) is 10.1 Å². The summed E-state index contributed by atoms with van der Waals surface area (Å²) in [6.07, 6.45) is 0. The van der Waals surface area contributed by atoms with E-state index >= 15 is 0 Å². The van der Waals surface area contributed by atoms with Crippen molar-refractivity contribution in [2.75, 3.05) is 13.7 Å². The van der Waals surface area contributed by atoms with Gasteiger partial charge in [-0.05, 0) is 28.0 Å². The van der Waals surface area contributed by atoms with Crippen LogP contribution in [0, 0.1) is 0 Å². The third kappa shape index (κ3) is 3.43. The number of carbonyl (C=O) groups excluding carboxylic acids is 2. The predicted octanol–water partition coefficient (Wildman–Crippen LogP) is 2.77. The molecule has 0 fully saturated rings. The van der Waals surface area contributed by atoms with E-state index in [1.54, 1.807) is 12.1 Å². The lowest BCUT2D eigenvalue weighted by Crippen LogP contribution is -2.44. The van der Waals surface area contributed by atoms with E-state index in [4.69, 9.17) is 0 Å². The van der Waals surface area contributed by atoms with Gasteiger partial charge in [0.15, 0.2) is 6.04 Å². The molecule has 132 valence electrons. The molecule has 5 heteroatoms. The molecule has 0 spiro atoms. The molecule has 0 heterocycles. The van der Waals surface area contributed by atoms with Crippen molar-refractivity contribution < 1.29 is 19.4 Å². The number of hydrogen-bond donors (Lipinski definition) is 2. The van der Waals surface area contributed by atoms with Gasteiger partial charge in [0, 0.05) is 5.56 Å². The molecule has 1 atom stereocenters. The van der Waals surface area contributed by atoms with E-state index in [0.717, 1.165) is 21.9 Å². The van der Waals surface area contributed by atoms with Crippen molar-refractivity contribution in [1.82, 2.24) is 5.32 Å². The number of benzene rings is 3. The fourth-order valence-electron chi connectivity index (χ4n) is 2.93. The zero-order chi connectivity index (χ0) is 18.5. The first-order valence-corrected chi connectivity index (χ1v) is 8.22. The van der Waals surface area contributed by atoms with Crippen LogP contribution in [0.4, 0.5) is 0 Å². The number of esters is 1. The highest BCUT2D eigenvalue weighted by Crippen LogP contribution is 2.31. The molecule has 0 aliphatic carbocycles. The zero-order valence-corrected chi connectivity index (χ0v) is 14.3. The van der Waals surface area contributed by atoms with Crippen LogP contribution in [0.5, 0.6) is 0 Å². The third-order valence-corrected chi connectivity index (χ3v) is 4.23. The average Bonchev–Trinajstić information content (AvgIpc) is 2.70. The molecule has 1 amide bonds. The number of aliphatic hydroxyl groups excluding tert-OH is 1. The molecule has 0 aromatic heterocycles. The highest BCUT2D eigenvalue weighted by atomic mass is 16.5. The number of aliphatic hydroxyl groups is 1. The summed E-state index contributed by atoms with van der Waals surface area (Å²) >= 11 is 0. The lowest BCUT2D eigenvalue weighted by molar-refractivity contribution is -0.143. The summed E-state index contributed by atoms with van der Waals surface area (Å²) in [5, 5.41) is 14.0. The number of amides is 1. The van der Waals surface area contributed by atoms with Gasteiger partial charge >= 0.3 is 5.97 Å². The number of nitrogens with one attached hydrogen (secondary N) is 1. The van der Waals surface area contributed by atoms with Gasteiger partial charge in [-0.25, -0.2) is 4.79 Å². The molecule has 2 N–H and O–H groups in total. The van der Waals surface area contributed by atoms with E-state index in [9.17, 15) is 14.7 Å². The summed E-state index contributed by atoms with van der Waals surface area (Å²) in [6.45, 7) is -0.533. The fourth-order valence-corrected chi connectivity index (χ4v) is 2.93. The third-order valence-electron chi connectivity index (χ3n) is 4.23. The van der Waals surface area contributed by atoms with Crippen LogP contribution in [0.2, 0.25) is 0 Å². The van der Waals surface area contributed by atoms with E-state index in [1.165, 1.54) is 7.11 Å². The predicted molar refractivity (Wildman–Crippen MR) is 99.7 cm³/mol. The molecule has 3 aromatic carbocycles. The van der Waals surface area contributed by atoms with Crippen molar-refractivity contribution >= 4 is 22.6 Å². The number of methoxy groups -OCH3 is 1. The maximum atomic E-state index is 12.7. The van der Waals surface area contributed by atoms with Gasteiger partial charge in [-0.2, -0.15) is 0 Å². The van der Waals surface area contributed by atoms with Crippen molar-refractivity contribution in [2.24, 2.45) is 0 Å². The van der Waals surface area contributed by atoms with E-state index in [-0.39, 0.29) is 0 Å². The van der Waals surface area contributed by atoms with Crippen LogP contribution >= 0.6 is 0 Å². The summed E-state index contributed by atoms with van der Waals surface area (Å²) in [4.78, 5) is 24.4. The summed E-state index contributed by atoms with van der Waals surface area (Å²) < 4.78 is 4.60. The van der Waals surface area contributed by atoms with Gasteiger partial charge in [0.25, 0.3) is 5.91 Å². The quantitative estimate of drug-likeness (QED) is 0.695. The Kier molecular flexibility index (Phi) is 5.29. The van der Waals surface area contributed by atoms with Gasteiger partial charge in [-0.15, -0.1) is 0 Å². The number of fused-ring (bicyclic) bond motifs is 1. The maximum Gasteiger partial charge on any atom is 0.330 e. The summed E-state index contributed by atoms with van der Waals surface area (Å²) in [6, 6.07) is 19.9. The van der Waals surface area contributed by atoms with E-state index in [1.807, 2.05) is 54.6 Å². The van der Waals surface area contributed by atoms with Crippen LogP contribution in [-0.4, -0.2) is 36.7 Å². The van der Waals surface area contributed by atoms with Gasteiger partial charge in [-0.3, -0.25) is 4.79 Å². The smallest absolute Gasteiger partial charge is 0.330 e. The maximum absolute atomic E-state index is 12.7. The first-order chi connectivity index (χ1) is 12.7. The van der Waals surface area contributed by atoms with Crippen molar-refractivity contribution in [3.8, 4) is 11.1 Å². The van der Waals surface area contributed by atoms with Crippen molar-refractivity contribution in [3.63, 3.8) is 0 Å². The highest BCUT2D eigenvalue weighted by Gasteiger charge is 2.23. The van der Waals surface area contributed by atoms with E-state index < -0.39 is 24.5 Å². The molecule has 3 rings (SSSR count). The van der Waals surface area contributed by atoms with Crippen LogP contribution in [0.25, 0.3) is 21.9 Å². The second-order valence-corrected chi connectivity index (χ2v) is 5.80. The SMILES string of the molecule is COC(=O)[C@H](CO)NC(=O)c1ccccc1-c1cccc2ccccc12. The number of hydrogen-bond acceptors (Lipinski definition) is 4. The number of rotatable bonds is 5. The normalized spacial score (nSPS) is 11.8. The van der Waals surface area contributed by atoms with Crippen molar-refractivity contribution in [1.29, 1.82) is 0 Å². The Balaban J connectivity index is 2.03. The molecule has 0 saturated heterocycles. The summed E-state index contributed by atoms with van der Waals surface area (Å²) in [5.74, 6) is -1.14. The Morgan fingerprint density at radius 1 is 0.962 bits per heavy atom. The molecule has 3 aromatic rings. The minimum atomic E-state index is -1.10. The molecule has 5 nitrogen and oxygen atoms in total. The lowest BCUT2D eigenvalue weighted by atomic mass is 9.94. The first-order valence-electron chi connectivity index (χ1n) is 8.22. The van der Waals surface area contributed by atoms with Gasteiger partial charge in [0.2, 0.25) is 0 Å². The molecular weight excluding hydrogens is 330 g/mol. The Labute approximate surface area is 151 Å². The van der Waals surface area contributed by atoms with Crippen LogP contribution in [0.1, 0.15) is 10.4 Å². The van der Waals surface area contributed by atoms with Crippen LogP contribution in [0.3, 0.4) is 0 Å². The Morgan fingerprint density at radius 3 is 2.38 bits per heavy atom. The summed E-state index contributed by atoms with van der Waals surface area (Å²) in [7, 11) is 1.21. The monoisotopic (exact) mass is 349 g/mol. The van der Waals surface area contributed by atoms with Crippen molar-refractivity contribution in [2.45, 2.75) is 6.04 Å². The van der Waals surface area contributed by atoms with Gasteiger partial charge in [-0.1, -0.05) is 60.7 Å². The Hall–Kier alpha value is -3.18. The van der Waals surface area contributed by atoms with Gasteiger partial charge in [0.1, 0.15) is 0 Å². The Bertz CT molecular complexity index is 946. The molecule has 0 unspecified atom stereocenters. The lowest BCUT2D eigenvalue weighted by Gasteiger charge is -2.16. The Morgan fingerprint density at radius 2 is 1.62 bits per heavy atom. The molecular formula is C21H19NO4. The molecule has 0 radical (unpaired) electrons. The average molecular weight is 349 g/mol. The molecule has 0 saturated carbocycles. The van der Waals surface area contributed by atoms with E-state index in [0.29, 0.717) is 5.56 Å². The molecule has 0 aliphatic rings. The van der Waals surface area contributed by atoms with Crippen LogP contribution in [-0.2, 0) is 9.53 Å².